The number of anilines is 3. The maximum absolute atomic E-state index is 14.4. The van der Waals surface area contributed by atoms with Gasteiger partial charge in [0.25, 0.3) is 10.0 Å². The van der Waals surface area contributed by atoms with Gasteiger partial charge in [0.2, 0.25) is 5.95 Å². The fraction of sp³-hybridized carbons (Fsp3) is 0.150. The summed E-state index contributed by atoms with van der Waals surface area (Å²) in [6, 6.07) is 8.79. The van der Waals surface area contributed by atoms with E-state index in [2.05, 4.69) is 15.1 Å². The van der Waals surface area contributed by atoms with Gasteiger partial charge in [-0.2, -0.15) is 15.1 Å². The zero-order valence-electron chi connectivity index (χ0n) is 16.5. The number of halogens is 2. The zero-order chi connectivity index (χ0) is 22.6. The Morgan fingerprint density at radius 3 is 2.62 bits per heavy atom. The van der Waals surface area contributed by atoms with E-state index in [1.807, 2.05) is 0 Å². The molecule has 9 nitrogen and oxygen atoms in total. The van der Waals surface area contributed by atoms with Crippen molar-refractivity contribution in [2.75, 3.05) is 22.3 Å². The molecule has 5 rings (SSSR count). The van der Waals surface area contributed by atoms with E-state index in [4.69, 9.17) is 11.5 Å². The summed E-state index contributed by atoms with van der Waals surface area (Å²) in [6.45, 7) is -0.0588. The lowest BCUT2D eigenvalue weighted by Crippen LogP contribution is -2.41. The first-order chi connectivity index (χ1) is 15.3. The number of nitrogens with zero attached hydrogens (tertiary/aromatic N) is 5. The summed E-state index contributed by atoms with van der Waals surface area (Å²) in [6.07, 6.45) is 1.93. The number of sulfonamides is 1. The quantitative estimate of drug-likeness (QED) is 0.482. The first-order valence-corrected chi connectivity index (χ1v) is 11.0. The van der Waals surface area contributed by atoms with Crippen molar-refractivity contribution < 1.29 is 17.2 Å². The highest BCUT2D eigenvalue weighted by Gasteiger charge is 2.36. The van der Waals surface area contributed by atoms with Crippen LogP contribution in [-0.2, 0) is 16.4 Å². The van der Waals surface area contributed by atoms with Crippen LogP contribution in [0.3, 0.4) is 0 Å². The number of nitrogens with two attached hydrogens (primary N) is 2. The average molecular weight is 457 g/mol. The minimum atomic E-state index is -4.35. The lowest BCUT2D eigenvalue weighted by Gasteiger charge is -2.35. The van der Waals surface area contributed by atoms with E-state index >= 15 is 0 Å². The molecule has 0 amide bonds. The van der Waals surface area contributed by atoms with E-state index < -0.39 is 32.6 Å². The van der Waals surface area contributed by atoms with E-state index in [9.17, 15) is 17.2 Å². The molecule has 1 unspecified atom stereocenters. The molecule has 0 saturated heterocycles. The minimum Gasteiger partial charge on any atom is -0.383 e. The third kappa shape index (κ3) is 3.11. The maximum Gasteiger partial charge on any atom is 0.267 e. The Kier molecular flexibility index (Phi) is 4.48. The molecular weight excluding hydrogens is 440 g/mol. The zero-order valence-corrected chi connectivity index (χ0v) is 17.3. The molecule has 1 aliphatic heterocycles. The summed E-state index contributed by atoms with van der Waals surface area (Å²) < 4.78 is 57.3. The molecule has 0 radical (unpaired) electrons. The molecule has 4 N–H and O–H groups in total. The van der Waals surface area contributed by atoms with Gasteiger partial charge in [0, 0.05) is 6.07 Å². The molecule has 1 atom stereocenters. The monoisotopic (exact) mass is 457 g/mol. The summed E-state index contributed by atoms with van der Waals surface area (Å²) in [5.41, 5.74) is 13.1. The van der Waals surface area contributed by atoms with E-state index in [0.29, 0.717) is 34.8 Å². The summed E-state index contributed by atoms with van der Waals surface area (Å²) in [7, 11) is -4.35. The summed E-state index contributed by atoms with van der Waals surface area (Å²) in [4.78, 5) is 7.52. The molecule has 2 aromatic heterocycles. The Balaban J connectivity index is 1.65. The number of fused-ring (bicyclic) bond motifs is 2. The van der Waals surface area contributed by atoms with Gasteiger partial charge in [0.15, 0.2) is 5.65 Å². The van der Waals surface area contributed by atoms with Crippen molar-refractivity contribution >= 4 is 38.5 Å². The number of benzene rings is 2. The Morgan fingerprint density at radius 2 is 1.84 bits per heavy atom. The van der Waals surface area contributed by atoms with E-state index in [1.54, 1.807) is 28.9 Å². The minimum absolute atomic E-state index is 0.0363. The van der Waals surface area contributed by atoms with Crippen LogP contribution >= 0.6 is 0 Å². The normalized spacial score (nSPS) is 16.3. The van der Waals surface area contributed by atoms with Crippen LogP contribution in [0.4, 0.5) is 26.2 Å². The lowest BCUT2D eigenvalue weighted by molar-refractivity contribution is 0.455. The first kappa shape index (κ1) is 20.1. The molecule has 1 aliphatic rings. The lowest BCUT2D eigenvalue weighted by atomic mass is 10.00. The highest BCUT2D eigenvalue weighted by molar-refractivity contribution is 7.92. The van der Waals surface area contributed by atoms with Gasteiger partial charge in [-0.25, -0.2) is 21.9 Å². The molecule has 0 fully saturated rings. The second kappa shape index (κ2) is 7.12. The van der Waals surface area contributed by atoms with Crippen molar-refractivity contribution in [3.8, 4) is 0 Å². The van der Waals surface area contributed by atoms with Crippen molar-refractivity contribution in [1.82, 2.24) is 19.7 Å². The van der Waals surface area contributed by atoms with Crippen molar-refractivity contribution in [2.45, 2.75) is 17.4 Å². The van der Waals surface area contributed by atoms with E-state index in [1.165, 1.54) is 6.20 Å². The van der Waals surface area contributed by atoms with Gasteiger partial charge >= 0.3 is 0 Å². The van der Waals surface area contributed by atoms with Crippen LogP contribution in [0, 0.1) is 11.6 Å². The molecule has 32 heavy (non-hydrogen) atoms. The SMILES string of the molecule is Nc1nc(N)c2cnn(C3Cc4ccccc4N(S(=O)(=O)c4ccc(F)cc4F)C3)c2n1. The number of hydrogen-bond donors (Lipinski definition) is 2. The highest BCUT2D eigenvalue weighted by atomic mass is 32.2. The first-order valence-electron chi connectivity index (χ1n) is 9.57. The number of aromatic nitrogens is 4. The van der Waals surface area contributed by atoms with Gasteiger partial charge in [0.05, 0.1) is 29.9 Å². The molecule has 0 bridgehead atoms. The van der Waals surface area contributed by atoms with Gasteiger partial charge in [-0.3, -0.25) is 4.31 Å². The van der Waals surface area contributed by atoms with Gasteiger partial charge in [-0.1, -0.05) is 18.2 Å². The molecule has 2 aromatic carbocycles. The van der Waals surface area contributed by atoms with Crippen molar-refractivity contribution in [1.29, 1.82) is 0 Å². The Hall–Kier alpha value is -3.80. The second-order valence-electron chi connectivity index (χ2n) is 7.39. The van der Waals surface area contributed by atoms with Gasteiger partial charge in [-0.05, 0) is 30.2 Å². The predicted octanol–water partition coefficient (Wildman–Crippen LogP) is 2.26. The molecule has 4 aromatic rings. The van der Waals surface area contributed by atoms with Crippen LogP contribution in [0.1, 0.15) is 11.6 Å². The smallest absolute Gasteiger partial charge is 0.267 e. The average Bonchev–Trinajstić information content (AvgIpc) is 3.16. The van der Waals surface area contributed by atoms with Crippen molar-refractivity contribution in [2.24, 2.45) is 0 Å². The van der Waals surface area contributed by atoms with Crippen LogP contribution in [-0.4, -0.2) is 34.7 Å². The van der Waals surface area contributed by atoms with Crippen LogP contribution in [0.2, 0.25) is 0 Å². The van der Waals surface area contributed by atoms with Crippen LogP contribution in [0.5, 0.6) is 0 Å². The summed E-state index contributed by atoms with van der Waals surface area (Å²) in [5.74, 6) is -1.91. The molecule has 12 heteroatoms. The highest BCUT2D eigenvalue weighted by Crippen LogP contribution is 2.37. The molecule has 0 spiro atoms. The number of nitrogen functional groups attached to an aromatic ring is 2. The third-order valence-corrected chi connectivity index (χ3v) is 7.21. The van der Waals surface area contributed by atoms with Gasteiger partial charge in [-0.15, -0.1) is 0 Å². The Labute approximate surface area is 181 Å². The number of rotatable bonds is 3. The van der Waals surface area contributed by atoms with E-state index in [-0.39, 0.29) is 18.3 Å². The fourth-order valence-electron chi connectivity index (χ4n) is 3.96. The molecule has 3 heterocycles. The predicted molar refractivity (Wildman–Crippen MR) is 114 cm³/mol. The number of hydrogen-bond acceptors (Lipinski definition) is 7. The largest absolute Gasteiger partial charge is 0.383 e. The van der Waals surface area contributed by atoms with Crippen LogP contribution in [0.25, 0.3) is 11.0 Å². The van der Waals surface area contributed by atoms with Crippen molar-refractivity contribution in [3.63, 3.8) is 0 Å². The molecule has 0 aliphatic carbocycles. The second-order valence-corrected chi connectivity index (χ2v) is 9.22. The summed E-state index contributed by atoms with van der Waals surface area (Å²) >= 11 is 0. The molecule has 0 saturated carbocycles. The Morgan fingerprint density at radius 1 is 1.06 bits per heavy atom. The molecule has 164 valence electrons. The Bertz CT molecular complexity index is 1470. The van der Waals surface area contributed by atoms with Crippen molar-refractivity contribution in [3.05, 3.63) is 65.9 Å². The van der Waals surface area contributed by atoms with Gasteiger partial charge in [0.1, 0.15) is 22.3 Å². The fourth-order valence-corrected chi connectivity index (χ4v) is 5.55. The summed E-state index contributed by atoms with van der Waals surface area (Å²) in [5, 5.41) is 4.83. The molecular formula is C20H17F2N7O2S. The third-order valence-electron chi connectivity index (χ3n) is 5.40. The van der Waals surface area contributed by atoms with Crippen LogP contribution in [0.15, 0.2) is 53.6 Å². The maximum atomic E-state index is 14.4. The number of para-hydroxylation sites is 1. The standard InChI is InChI=1S/C20H17F2N7O2S/c21-12-5-6-17(15(22)8-12)32(30,31)28-10-13(7-11-3-1-2-4-16(11)28)29-19-14(9-25-29)18(23)26-20(24)27-19/h1-6,8-9,13H,7,10H2,(H4,23,24,26,27). The van der Waals surface area contributed by atoms with E-state index in [0.717, 1.165) is 16.4 Å². The topological polar surface area (TPSA) is 133 Å². The van der Waals surface area contributed by atoms with Crippen LogP contribution < -0.4 is 15.8 Å². The van der Waals surface area contributed by atoms with Gasteiger partial charge < -0.3 is 11.5 Å².